The number of anilines is 2. The molecule has 0 heterocycles. The van der Waals surface area contributed by atoms with Crippen molar-refractivity contribution >= 4 is 33.3 Å². The number of nitriles is 1. The Morgan fingerprint density at radius 3 is 2.43 bits per heavy atom. The predicted octanol–water partition coefficient (Wildman–Crippen LogP) is 4.04. The van der Waals surface area contributed by atoms with E-state index in [9.17, 15) is 22.4 Å². The van der Waals surface area contributed by atoms with Crippen LogP contribution in [0.15, 0.2) is 77.7 Å². The molecular formula is C25H22FN3O5S. The Hall–Kier alpha value is -4.23. The van der Waals surface area contributed by atoms with Crippen LogP contribution in [0.2, 0.25) is 0 Å². The van der Waals surface area contributed by atoms with E-state index in [0.717, 1.165) is 12.1 Å². The maximum absolute atomic E-state index is 13.5. The van der Waals surface area contributed by atoms with Crippen molar-refractivity contribution in [3.8, 4) is 6.07 Å². The molecule has 3 aromatic carbocycles. The normalized spacial score (nSPS) is 10.8. The predicted molar refractivity (Wildman–Crippen MR) is 128 cm³/mol. The number of hydrogen-bond acceptors (Lipinski definition) is 6. The van der Waals surface area contributed by atoms with Crippen molar-refractivity contribution in [2.45, 2.75) is 18.2 Å². The number of nitrogens with one attached hydrogen (secondary N) is 1. The van der Waals surface area contributed by atoms with E-state index in [1.807, 2.05) is 6.07 Å². The molecule has 0 unspecified atom stereocenters. The number of aryl methyl sites for hydroxylation is 1. The van der Waals surface area contributed by atoms with Crippen molar-refractivity contribution in [1.82, 2.24) is 0 Å². The van der Waals surface area contributed by atoms with E-state index >= 15 is 0 Å². The molecule has 0 aliphatic carbocycles. The summed E-state index contributed by atoms with van der Waals surface area (Å²) in [5.74, 6) is -2.00. The van der Waals surface area contributed by atoms with Crippen LogP contribution in [0.4, 0.5) is 15.8 Å². The fourth-order valence-electron chi connectivity index (χ4n) is 3.19. The standard InChI is InChI=1S/C25H22FN3O5S/c1-18-16-20(12-13-22(18)26)35(32,33)28-23-11-6-5-10-21(23)25(31)34-17-24(30)29(15-7-14-27)19-8-3-2-4-9-19/h2-6,8-13,16,28H,7,15,17H2,1H3. The lowest BCUT2D eigenvalue weighted by Crippen LogP contribution is -2.35. The number of sulfonamides is 1. The third-order valence-corrected chi connectivity index (χ3v) is 6.34. The molecule has 35 heavy (non-hydrogen) atoms. The second-order valence-corrected chi connectivity index (χ2v) is 9.11. The third kappa shape index (κ3) is 6.43. The van der Waals surface area contributed by atoms with Gasteiger partial charge in [0.15, 0.2) is 6.61 Å². The van der Waals surface area contributed by atoms with Crippen molar-refractivity contribution < 1.29 is 27.1 Å². The first-order chi connectivity index (χ1) is 16.7. The van der Waals surface area contributed by atoms with Crippen LogP contribution in [0.3, 0.4) is 0 Å². The molecular weight excluding hydrogens is 473 g/mol. The summed E-state index contributed by atoms with van der Waals surface area (Å²) in [5.41, 5.74) is 0.535. The first-order valence-corrected chi connectivity index (χ1v) is 12.0. The number of halogens is 1. The summed E-state index contributed by atoms with van der Waals surface area (Å²) in [4.78, 5) is 26.6. The average Bonchev–Trinajstić information content (AvgIpc) is 2.85. The van der Waals surface area contributed by atoms with E-state index in [-0.39, 0.29) is 34.7 Å². The number of benzene rings is 3. The van der Waals surface area contributed by atoms with Crippen molar-refractivity contribution in [3.63, 3.8) is 0 Å². The minimum absolute atomic E-state index is 0.0590. The quantitative estimate of drug-likeness (QED) is 0.448. The smallest absolute Gasteiger partial charge is 0.340 e. The van der Waals surface area contributed by atoms with E-state index in [2.05, 4.69) is 4.72 Å². The van der Waals surface area contributed by atoms with Gasteiger partial charge in [0.05, 0.1) is 28.6 Å². The van der Waals surface area contributed by atoms with Gasteiger partial charge in [0, 0.05) is 12.2 Å². The molecule has 0 bridgehead atoms. The van der Waals surface area contributed by atoms with Gasteiger partial charge < -0.3 is 9.64 Å². The zero-order valence-corrected chi connectivity index (χ0v) is 19.6. The molecule has 180 valence electrons. The summed E-state index contributed by atoms with van der Waals surface area (Å²) in [6.07, 6.45) is 0.0854. The van der Waals surface area contributed by atoms with Gasteiger partial charge in [-0.05, 0) is 55.0 Å². The molecule has 0 atom stereocenters. The summed E-state index contributed by atoms with van der Waals surface area (Å²) in [7, 11) is -4.13. The minimum atomic E-state index is -4.13. The van der Waals surface area contributed by atoms with Crippen LogP contribution in [0.25, 0.3) is 0 Å². The van der Waals surface area contributed by atoms with Crippen LogP contribution in [-0.2, 0) is 19.6 Å². The third-order valence-electron chi connectivity index (χ3n) is 4.97. The number of amides is 1. The van der Waals surface area contributed by atoms with Gasteiger partial charge in [0.25, 0.3) is 15.9 Å². The molecule has 3 aromatic rings. The van der Waals surface area contributed by atoms with Crippen LogP contribution >= 0.6 is 0 Å². The monoisotopic (exact) mass is 495 g/mol. The van der Waals surface area contributed by atoms with Crippen LogP contribution in [-0.4, -0.2) is 33.4 Å². The summed E-state index contributed by atoms with van der Waals surface area (Å²) >= 11 is 0. The number of esters is 1. The fourth-order valence-corrected chi connectivity index (χ4v) is 4.35. The number of carbonyl (C=O) groups excluding carboxylic acids is 2. The molecule has 1 N–H and O–H groups in total. The number of nitrogens with zero attached hydrogens (tertiary/aromatic N) is 2. The van der Waals surface area contributed by atoms with E-state index < -0.39 is 34.3 Å². The van der Waals surface area contributed by atoms with Gasteiger partial charge in [0.1, 0.15) is 5.82 Å². The van der Waals surface area contributed by atoms with Crippen molar-refractivity contribution in [2.24, 2.45) is 0 Å². The van der Waals surface area contributed by atoms with E-state index in [1.54, 1.807) is 30.3 Å². The Labute approximate surface area is 202 Å². The Morgan fingerprint density at radius 1 is 1.06 bits per heavy atom. The molecule has 1 amide bonds. The maximum atomic E-state index is 13.5. The number of ether oxygens (including phenoxy) is 1. The largest absolute Gasteiger partial charge is 0.452 e. The van der Waals surface area contributed by atoms with Gasteiger partial charge in [-0.25, -0.2) is 17.6 Å². The molecule has 0 spiro atoms. The van der Waals surface area contributed by atoms with Crippen molar-refractivity contribution in [2.75, 3.05) is 22.8 Å². The summed E-state index contributed by atoms with van der Waals surface area (Å²) in [6.45, 7) is 0.938. The molecule has 8 nitrogen and oxygen atoms in total. The summed E-state index contributed by atoms with van der Waals surface area (Å²) < 4.78 is 46.6. The van der Waals surface area contributed by atoms with E-state index in [4.69, 9.17) is 10.00 Å². The molecule has 0 saturated carbocycles. The summed E-state index contributed by atoms with van der Waals surface area (Å²) in [5, 5.41) is 8.90. The van der Waals surface area contributed by atoms with E-state index in [0.29, 0.717) is 5.69 Å². The summed E-state index contributed by atoms with van der Waals surface area (Å²) in [6, 6.07) is 19.7. The highest BCUT2D eigenvalue weighted by Gasteiger charge is 2.22. The second kappa shape index (κ2) is 11.3. The molecule has 0 saturated heterocycles. The molecule has 0 aliphatic heterocycles. The van der Waals surface area contributed by atoms with Crippen LogP contribution in [0.1, 0.15) is 22.3 Å². The van der Waals surface area contributed by atoms with Crippen LogP contribution < -0.4 is 9.62 Å². The highest BCUT2D eigenvalue weighted by molar-refractivity contribution is 7.92. The Balaban J connectivity index is 1.75. The molecule has 0 aromatic heterocycles. The van der Waals surface area contributed by atoms with Gasteiger partial charge in [-0.3, -0.25) is 9.52 Å². The van der Waals surface area contributed by atoms with Crippen LogP contribution in [0, 0.1) is 24.1 Å². The molecule has 3 rings (SSSR count). The van der Waals surface area contributed by atoms with Gasteiger partial charge in [-0.15, -0.1) is 0 Å². The number of carbonyl (C=O) groups is 2. The molecule has 0 radical (unpaired) electrons. The first-order valence-electron chi connectivity index (χ1n) is 10.5. The lowest BCUT2D eigenvalue weighted by molar-refractivity contribution is -0.121. The Bertz CT molecular complexity index is 1370. The highest BCUT2D eigenvalue weighted by atomic mass is 32.2. The van der Waals surface area contributed by atoms with Gasteiger partial charge >= 0.3 is 5.97 Å². The molecule has 10 heteroatoms. The zero-order valence-electron chi connectivity index (χ0n) is 18.8. The van der Waals surface area contributed by atoms with Gasteiger partial charge in [-0.1, -0.05) is 30.3 Å². The topological polar surface area (TPSA) is 117 Å². The van der Waals surface area contributed by atoms with Crippen molar-refractivity contribution in [1.29, 1.82) is 5.26 Å². The molecule has 0 fully saturated rings. The van der Waals surface area contributed by atoms with Crippen molar-refractivity contribution in [3.05, 3.63) is 89.7 Å². The minimum Gasteiger partial charge on any atom is -0.452 e. The number of para-hydroxylation sites is 2. The lowest BCUT2D eigenvalue weighted by Gasteiger charge is -2.21. The van der Waals surface area contributed by atoms with Gasteiger partial charge in [0.2, 0.25) is 0 Å². The zero-order chi connectivity index (χ0) is 25.4. The Morgan fingerprint density at radius 2 is 1.74 bits per heavy atom. The highest BCUT2D eigenvalue weighted by Crippen LogP contribution is 2.22. The second-order valence-electron chi connectivity index (χ2n) is 7.43. The fraction of sp³-hybridized carbons (Fsp3) is 0.160. The Kier molecular flexibility index (Phi) is 8.17. The SMILES string of the molecule is Cc1cc(S(=O)(=O)Nc2ccccc2C(=O)OCC(=O)N(CCC#N)c2ccccc2)ccc1F. The number of hydrogen-bond donors (Lipinski definition) is 1. The maximum Gasteiger partial charge on any atom is 0.340 e. The van der Waals surface area contributed by atoms with Gasteiger partial charge in [-0.2, -0.15) is 5.26 Å². The first kappa shape index (κ1) is 25.4. The number of rotatable bonds is 9. The lowest BCUT2D eigenvalue weighted by atomic mass is 10.2. The molecule has 0 aliphatic rings. The van der Waals surface area contributed by atoms with E-state index in [1.165, 1.54) is 42.2 Å². The van der Waals surface area contributed by atoms with Crippen LogP contribution in [0.5, 0.6) is 0 Å². The average molecular weight is 496 g/mol.